The molecule has 0 bridgehead atoms. The first-order chi connectivity index (χ1) is 12.0. The molecule has 0 aliphatic carbocycles. The molecule has 4 nitrogen and oxygen atoms in total. The number of unbranched alkanes of at least 4 members (excludes halogenated alkanes) is 1. The second kappa shape index (κ2) is 8.93. The molecule has 0 aliphatic heterocycles. The predicted octanol–water partition coefficient (Wildman–Crippen LogP) is 5.49. The normalized spacial score (nSPS) is 12.4. The van der Waals surface area contributed by atoms with Gasteiger partial charge in [-0.3, -0.25) is 0 Å². The summed E-state index contributed by atoms with van der Waals surface area (Å²) >= 11 is 0. The molecule has 25 heavy (non-hydrogen) atoms. The largest absolute Gasteiger partial charge is 0.491 e. The molecule has 0 saturated carbocycles. The van der Waals surface area contributed by atoms with Crippen LogP contribution in [0.25, 0.3) is 10.9 Å². The Morgan fingerprint density at radius 2 is 1.96 bits per heavy atom. The fraction of sp³-hybridized carbons (Fsp3) is 0.571. The van der Waals surface area contributed by atoms with Crippen LogP contribution in [0.1, 0.15) is 69.4 Å². The Balaban J connectivity index is 2.49. The van der Waals surface area contributed by atoms with Gasteiger partial charge in [-0.05, 0) is 51.8 Å². The SMILES string of the molecule is CCCCn1c(C)c(C(=O)OCC)c2cc(O[C@@H](C)CCC)ccc21. The third kappa shape index (κ3) is 4.36. The highest BCUT2D eigenvalue weighted by Crippen LogP contribution is 2.31. The molecule has 0 radical (unpaired) electrons. The number of nitrogens with zero attached hydrogens (tertiary/aromatic N) is 1. The number of hydrogen-bond donors (Lipinski definition) is 0. The highest BCUT2D eigenvalue weighted by molar-refractivity contribution is 6.06. The van der Waals surface area contributed by atoms with Gasteiger partial charge in [-0.1, -0.05) is 26.7 Å². The zero-order chi connectivity index (χ0) is 18.4. The number of aromatic nitrogens is 1. The monoisotopic (exact) mass is 345 g/mol. The maximum Gasteiger partial charge on any atom is 0.340 e. The topological polar surface area (TPSA) is 40.5 Å². The molecular weight excluding hydrogens is 314 g/mol. The standard InChI is InChI=1S/C21H31NO3/c1-6-9-13-22-16(5)20(21(23)24-8-3)18-14-17(11-12-19(18)22)25-15(4)10-7-2/h11-12,14-15H,6-10,13H2,1-5H3/t15-/m0/s1. The van der Waals surface area contributed by atoms with Crippen LogP contribution >= 0.6 is 0 Å². The van der Waals surface area contributed by atoms with Crippen molar-refractivity contribution >= 4 is 16.9 Å². The van der Waals surface area contributed by atoms with Gasteiger partial charge < -0.3 is 14.0 Å². The molecule has 0 saturated heterocycles. The number of carbonyl (C=O) groups excluding carboxylic acids is 1. The van der Waals surface area contributed by atoms with Gasteiger partial charge in [-0.15, -0.1) is 0 Å². The first kappa shape index (κ1) is 19.4. The fourth-order valence-electron chi connectivity index (χ4n) is 3.30. The summed E-state index contributed by atoms with van der Waals surface area (Å²) in [5, 5.41) is 0.924. The van der Waals surface area contributed by atoms with E-state index in [1.807, 2.05) is 26.0 Å². The summed E-state index contributed by atoms with van der Waals surface area (Å²) in [6.07, 6.45) is 4.46. The zero-order valence-corrected chi connectivity index (χ0v) is 16.2. The van der Waals surface area contributed by atoms with Gasteiger partial charge >= 0.3 is 5.97 Å². The zero-order valence-electron chi connectivity index (χ0n) is 16.2. The van der Waals surface area contributed by atoms with Gasteiger partial charge in [0, 0.05) is 23.1 Å². The van der Waals surface area contributed by atoms with E-state index in [9.17, 15) is 4.79 Å². The second-order valence-corrected chi connectivity index (χ2v) is 6.58. The average Bonchev–Trinajstić information content (AvgIpc) is 2.84. The van der Waals surface area contributed by atoms with E-state index in [1.54, 1.807) is 0 Å². The summed E-state index contributed by atoms with van der Waals surface area (Å²) in [4.78, 5) is 12.5. The molecule has 0 fully saturated rings. The Kier molecular flexibility index (Phi) is 6.91. The highest BCUT2D eigenvalue weighted by atomic mass is 16.5. The number of hydrogen-bond acceptors (Lipinski definition) is 3. The van der Waals surface area contributed by atoms with Crippen LogP contribution < -0.4 is 4.74 Å². The minimum Gasteiger partial charge on any atom is -0.491 e. The molecule has 0 amide bonds. The van der Waals surface area contributed by atoms with Crippen LogP contribution in [0.3, 0.4) is 0 Å². The Labute approximate surface area is 151 Å². The van der Waals surface area contributed by atoms with Gasteiger partial charge in [-0.2, -0.15) is 0 Å². The number of fused-ring (bicyclic) bond motifs is 1. The van der Waals surface area contributed by atoms with Crippen LogP contribution in [0.15, 0.2) is 18.2 Å². The van der Waals surface area contributed by atoms with Crippen LogP contribution in [0, 0.1) is 6.92 Å². The number of ether oxygens (including phenoxy) is 2. The molecule has 1 aromatic carbocycles. The van der Waals surface area contributed by atoms with Crippen molar-refractivity contribution in [3.8, 4) is 5.75 Å². The lowest BCUT2D eigenvalue weighted by Gasteiger charge is -2.14. The van der Waals surface area contributed by atoms with Crippen molar-refractivity contribution in [1.82, 2.24) is 4.57 Å². The van der Waals surface area contributed by atoms with E-state index in [0.717, 1.165) is 54.6 Å². The molecule has 1 heterocycles. The van der Waals surface area contributed by atoms with Crippen LogP contribution in [0.4, 0.5) is 0 Å². The van der Waals surface area contributed by atoms with Crippen molar-refractivity contribution in [3.05, 3.63) is 29.5 Å². The number of esters is 1. The summed E-state index contributed by atoms with van der Waals surface area (Å²) in [6, 6.07) is 6.06. The molecule has 2 aromatic rings. The molecule has 138 valence electrons. The molecule has 4 heteroatoms. The summed E-state index contributed by atoms with van der Waals surface area (Å²) in [7, 11) is 0. The Morgan fingerprint density at radius 3 is 2.60 bits per heavy atom. The van der Waals surface area contributed by atoms with Gasteiger partial charge in [0.15, 0.2) is 0 Å². The molecule has 2 rings (SSSR count). The van der Waals surface area contributed by atoms with E-state index < -0.39 is 0 Å². The molecule has 1 atom stereocenters. The van der Waals surface area contributed by atoms with E-state index in [4.69, 9.17) is 9.47 Å². The van der Waals surface area contributed by atoms with Crippen molar-refractivity contribution in [2.24, 2.45) is 0 Å². The van der Waals surface area contributed by atoms with Crippen molar-refractivity contribution in [2.45, 2.75) is 73.0 Å². The number of benzene rings is 1. The molecule has 0 aliphatic rings. The first-order valence-corrected chi connectivity index (χ1v) is 9.50. The Morgan fingerprint density at radius 1 is 1.20 bits per heavy atom. The van der Waals surface area contributed by atoms with Crippen LogP contribution in [-0.2, 0) is 11.3 Å². The highest BCUT2D eigenvalue weighted by Gasteiger charge is 2.21. The minimum atomic E-state index is -0.251. The smallest absolute Gasteiger partial charge is 0.340 e. The second-order valence-electron chi connectivity index (χ2n) is 6.58. The molecular formula is C21H31NO3. The minimum absolute atomic E-state index is 0.164. The van der Waals surface area contributed by atoms with E-state index in [0.29, 0.717) is 12.2 Å². The summed E-state index contributed by atoms with van der Waals surface area (Å²) < 4.78 is 13.6. The maximum absolute atomic E-state index is 12.5. The van der Waals surface area contributed by atoms with Crippen molar-refractivity contribution in [1.29, 1.82) is 0 Å². The van der Waals surface area contributed by atoms with Crippen LogP contribution in [0.2, 0.25) is 0 Å². The van der Waals surface area contributed by atoms with E-state index in [1.165, 1.54) is 0 Å². The Bertz CT molecular complexity index is 717. The number of carbonyl (C=O) groups is 1. The lowest BCUT2D eigenvalue weighted by atomic mass is 10.1. The third-order valence-corrected chi connectivity index (χ3v) is 4.54. The van der Waals surface area contributed by atoms with Crippen molar-refractivity contribution in [3.63, 3.8) is 0 Å². The number of rotatable bonds is 9. The summed E-state index contributed by atoms with van der Waals surface area (Å²) in [6.45, 7) is 11.5. The van der Waals surface area contributed by atoms with Gasteiger partial charge in [0.05, 0.1) is 18.3 Å². The van der Waals surface area contributed by atoms with Gasteiger partial charge in [0.25, 0.3) is 0 Å². The van der Waals surface area contributed by atoms with Crippen molar-refractivity contribution < 1.29 is 14.3 Å². The maximum atomic E-state index is 12.5. The van der Waals surface area contributed by atoms with E-state index >= 15 is 0 Å². The lowest BCUT2D eigenvalue weighted by Crippen LogP contribution is -2.11. The average molecular weight is 345 g/mol. The first-order valence-electron chi connectivity index (χ1n) is 9.50. The van der Waals surface area contributed by atoms with E-state index in [2.05, 4.69) is 31.4 Å². The van der Waals surface area contributed by atoms with Gasteiger partial charge in [0.2, 0.25) is 0 Å². The fourth-order valence-corrected chi connectivity index (χ4v) is 3.30. The quantitative estimate of drug-likeness (QED) is 0.564. The molecule has 0 N–H and O–H groups in total. The van der Waals surface area contributed by atoms with Gasteiger partial charge in [0.1, 0.15) is 5.75 Å². The van der Waals surface area contributed by atoms with Crippen LogP contribution in [0.5, 0.6) is 5.75 Å². The number of aryl methyl sites for hydroxylation is 1. The molecule has 0 unspecified atom stereocenters. The summed E-state index contributed by atoms with van der Waals surface area (Å²) in [5.74, 6) is 0.561. The van der Waals surface area contributed by atoms with E-state index in [-0.39, 0.29) is 12.1 Å². The Hall–Kier alpha value is -1.97. The molecule has 1 aromatic heterocycles. The third-order valence-electron chi connectivity index (χ3n) is 4.54. The summed E-state index contributed by atoms with van der Waals surface area (Å²) in [5.41, 5.74) is 2.71. The van der Waals surface area contributed by atoms with Crippen molar-refractivity contribution in [2.75, 3.05) is 6.61 Å². The van der Waals surface area contributed by atoms with Crippen LogP contribution in [-0.4, -0.2) is 23.2 Å². The predicted molar refractivity (Wildman–Crippen MR) is 103 cm³/mol. The van der Waals surface area contributed by atoms with Gasteiger partial charge in [-0.25, -0.2) is 4.79 Å². The lowest BCUT2D eigenvalue weighted by molar-refractivity contribution is 0.0527. The molecule has 0 spiro atoms.